The highest BCUT2D eigenvalue weighted by Gasteiger charge is 2.66. The molecule has 18 heavy (non-hydrogen) atoms. The third-order valence-electron chi connectivity index (χ3n) is 3.57. The number of hydrogen-bond acceptors (Lipinski definition) is 3. The lowest BCUT2D eigenvalue weighted by Gasteiger charge is -2.25. The molecule has 0 aliphatic heterocycles. The standard InChI is InChI=1S/C12H19NO5/c1-6(2)13(5-7(14)15)10(16)8-9(11(17)18)12(8,3)4/h6,8-9H,5H2,1-4H3,(H,14,15)(H,17,18)/t8-,9+/m0/s1. The lowest BCUT2D eigenvalue weighted by molar-refractivity contribution is -0.147. The molecule has 0 aromatic rings. The van der Waals surface area contributed by atoms with Gasteiger partial charge in [0.25, 0.3) is 0 Å². The van der Waals surface area contributed by atoms with Gasteiger partial charge >= 0.3 is 11.9 Å². The molecule has 2 atom stereocenters. The van der Waals surface area contributed by atoms with Crippen LogP contribution in [0.4, 0.5) is 0 Å². The van der Waals surface area contributed by atoms with Crippen molar-refractivity contribution >= 4 is 17.8 Å². The van der Waals surface area contributed by atoms with Crippen molar-refractivity contribution in [3.63, 3.8) is 0 Å². The molecular weight excluding hydrogens is 238 g/mol. The number of carboxylic acid groups (broad SMARTS) is 2. The number of nitrogens with zero attached hydrogens (tertiary/aromatic N) is 1. The minimum absolute atomic E-state index is 0.264. The van der Waals surface area contributed by atoms with Crippen LogP contribution in [-0.2, 0) is 14.4 Å². The van der Waals surface area contributed by atoms with E-state index in [4.69, 9.17) is 10.2 Å². The Morgan fingerprint density at radius 3 is 1.94 bits per heavy atom. The van der Waals surface area contributed by atoms with Gasteiger partial charge in [0.15, 0.2) is 0 Å². The van der Waals surface area contributed by atoms with Crippen LogP contribution >= 0.6 is 0 Å². The maximum Gasteiger partial charge on any atom is 0.323 e. The number of rotatable bonds is 5. The van der Waals surface area contributed by atoms with E-state index in [1.54, 1.807) is 27.7 Å². The highest BCUT2D eigenvalue weighted by Crippen LogP contribution is 2.59. The molecule has 1 rings (SSSR count). The molecule has 1 amide bonds. The largest absolute Gasteiger partial charge is 0.481 e. The average Bonchev–Trinajstić information content (AvgIpc) is 2.76. The van der Waals surface area contributed by atoms with Crippen LogP contribution < -0.4 is 0 Å². The summed E-state index contributed by atoms with van der Waals surface area (Å²) in [6.07, 6.45) is 0. The molecule has 6 heteroatoms. The van der Waals surface area contributed by atoms with Crippen molar-refractivity contribution in [2.24, 2.45) is 17.3 Å². The molecule has 0 aromatic heterocycles. The minimum Gasteiger partial charge on any atom is -0.481 e. The molecule has 0 unspecified atom stereocenters. The lowest BCUT2D eigenvalue weighted by Crippen LogP contribution is -2.42. The van der Waals surface area contributed by atoms with Gasteiger partial charge in [-0.15, -0.1) is 0 Å². The molecule has 0 spiro atoms. The van der Waals surface area contributed by atoms with E-state index in [-0.39, 0.29) is 11.9 Å². The molecule has 2 N–H and O–H groups in total. The molecule has 0 saturated heterocycles. The van der Waals surface area contributed by atoms with E-state index in [0.717, 1.165) is 0 Å². The molecule has 1 aliphatic carbocycles. The van der Waals surface area contributed by atoms with E-state index in [1.165, 1.54) is 4.90 Å². The van der Waals surface area contributed by atoms with Crippen LogP contribution in [0.15, 0.2) is 0 Å². The normalized spacial score (nSPS) is 24.7. The molecule has 6 nitrogen and oxygen atoms in total. The Labute approximate surface area is 106 Å². The van der Waals surface area contributed by atoms with Crippen LogP contribution in [0.25, 0.3) is 0 Å². The second-order valence-corrected chi connectivity index (χ2v) is 5.57. The Kier molecular flexibility index (Phi) is 3.69. The van der Waals surface area contributed by atoms with Crippen molar-refractivity contribution in [1.29, 1.82) is 0 Å². The zero-order valence-corrected chi connectivity index (χ0v) is 11.0. The molecule has 1 fully saturated rings. The van der Waals surface area contributed by atoms with Gasteiger partial charge in [0.2, 0.25) is 5.91 Å². The fourth-order valence-corrected chi connectivity index (χ4v) is 2.40. The minimum atomic E-state index is -1.10. The molecule has 0 bridgehead atoms. The van der Waals surface area contributed by atoms with E-state index in [9.17, 15) is 14.4 Å². The quantitative estimate of drug-likeness (QED) is 0.754. The number of carbonyl (C=O) groups excluding carboxylic acids is 1. The summed E-state index contributed by atoms with van der Waals surface area (Å²) in [7, 11) is 0. The summed E-state index contributed by atoms with van der Waals surface area (Å²) in [6.45, 7) is 6.47. The van der Waals surface area contributed by atoms with Crippen LogP contribution in [0.5, 0.6) is 0 Å². The SMILES string of the molecule is CC(C)N(CC(=O)O)C(=O)[C@@H]1[C@H](C(=O)O)C1(C)C. The smallest absolute Gasteiger partial charge is 0.323 e. The monoisotopic (exact) mass is 257 g/mol. The van der Waals surface area contributed by atoms with E-state index in [1.807, 2.05) is 0 Å². The molecule has 0 radical (unpaired) electrons. The Hall–Kier alpha value is -1.59. The van der Waals surface area contributed by atoms with Gasteiger partial charge in [-0.05, 0) is 19.3 Å². The first-order valence-corrected chi connectivity index (χ1v) is 5.85. The molecular formula is C12H19NO5. The van der Waals surface area contributed by atoms with Crippen LogP contribution in [-0.4, -0.2) is 45.5 Å². The number of aliphatic carboxylic acids is 2. The molecule has 0 heterocycles. The van der Waals surface area contributed by atoms with Crippen molar-refractivity contribution in [3.8, 4) is 0 Å². The number of carbonyl (C=O) groups is 3. The van der Waals surface area contributed by atoms with Crippen molar-refractivity contribution in [2.45, 2.75) is 33.7 Å². The second kappa shape index (κ2) is 4.59. The van der Waals surface area contributed by atoms with Crippen LogP contribution in [0, 0.1) is 17.3 Å². The second-order valence-electron chi connectivity index (χ2n) is 5.57. The summed E-state index contributed by atoms with van der Waals surface area (Å²) in [4.78, 5) is 35.2. The summed E-state index contributed by atoms with van der Waals surface area (Å²) < 4.78 is 0. The van der Waals surface area contributed by atoms with Gasteiger partial charge in [0.05, 0.1) is 11.8 Å². The predicted octanol–water partition coefficient (Wildman–Crippen LogP) is 0.665. The lowest BCUT2D eigenvalue weighted by atomic mass is 10.1. The number of carboxylic acids is 2. The van der Waals surface area contributed by atoms with E-state index in [2.05, 4.69) is 0 Å². The average molecular weight is 257 g/mol. The summed E-state index contributed by atoms with van der Waals surface area (Å²) in [6, 6.07) is -0.264. The van der Waals surface area contributed by atoms with Gasteiger partial charge < -0.3 is 15.1 Å². The van der Waals surface area contributed by atoms with E-state index >= 15 is 0 Å². The fourth-order valence-electron chi connectivity index (χ4n) is 2.40. The summed E-state index contributed by atoms with van der Waals surface area (Å²) in [5.41, 5.74) is -0.603. The number of amides is 1. The predicted molar refractivity (Wildman–Crippen MR) is 62.9 cm³/mol. The summed E-state index contributed by atoms with van der Waals surface area (Å²) in [5.74, 6) is -3.83. The topological polar surface area (TPSA) is 94.9 Å². The number of hydrogen-bond donors (Lipinski definition) is 2. The van der Waals surface area contributed by atoms with Crippen molar-refractivity contribution < 1.29 is 24.6 Å². The zero-order valence-electron chi connectivity index (χ0n) is 11.0. The van der Waals surface area contributed by atoms with Gasteiger partial charge in [0.1, 0.15) is 6.54 Å². The van der Waals surface area contributed by atoms with Crippen molar-refractivity contribution in [3.05, 3.63) is 0 Å². The first-order valence-electron chi connectivity index (χ1n) is 5.85. The summed E-state index contributed by atoms with van der Waals surface area (Å²) in [5, 5.41) is 17.8. The first-order chi connectivity index (χ1) is 8.10. The highest BCUT2D eigenvalue weighted by atomic mass is 16.4. The Balaban J connectivity index is 2.86. The van der Waals surface area contributed by atoms with E-state index < -0.39 is 35.7 Å². The summed E-state index contributed by atoms with van der Waals surface area (Å²) >= 11 is 0. The molecule has 1 aliphatic rings. The van der Waals surface area contributed by atoms with Gasteiger partial charge in [-0.2, -0.15) is 0 Å². The Bertz CT molecular complexity index is 384. The maximum absolute atomic E-state index is 12.2. The first kappa shape index (κ1) is 14.5. The van der Waals surface area contributed by atoms with Crippen molar-refractivity contribution in [2.75, 3.05) is 6.54 Å². The van der Waals surface area contributed by atoms with E-state index in [0.29, 0.717) is 0 Å². The molecule has 1 saturated carbocycles. The van der Waals surface area contributed by atoms with Gasteiger partial charge in [-0.1, -0.05) is 13.8 Å². The Morgan fingerprint density at radius 1 is 1.17 bits per heavy atom. The van der Waals surface area contributed by atoms with Gasteiger partial charge in [-0.25, -0.2) is 0 Å². The van der Waals surface area contributed by atoms with Gasteiger partial charge in [0, 0.05) is 6.04 Å². The highest BCUT2D eigenvalue weighted by molar-refractivity contribution is 5.93. The van der Waals surface area contributed by atoms with Crippen LogP contribution in [0.1, 0.15) is 27.7 Å². The van der Waals surface area contributed by atoms with Crippen LogP contribution in [0.2, 0.25) is 0 Å². The maximum atomic E-state index is 12.2. The fraction of sp³-hybridized carbons (Fsp3) is 0.750. The zero-order chi connectivity index (χ0) is 14.2. The van der Waals surface area contributed by atoms with Gasteiger partial charge in [-0.3, -0.25) is 14.4 Å². The third kappa shape index (κ3) is 2.47. The third-order valence-corrected chi connectivity index (χ3v) is 3.57. The Morgan fingerprint density at radius 2 is 1.67 bits per heavy atom. The van der Waals surface area contributed by atoms with Crippen LogP contribution in [0.3, 0.4) is 0 Å². The van der Waals surface area contributed by atoms with Crippen molar-refractivity contribution in [1.82, 2.24) is 4.90 Å². The molecule has 102 valence electrons. The molecule has 0 aromatic carbocycles.